The summed E-state index contributed by atoms with van der Waals surface area (Å²) in [7, 11) is -1.88. The van der Waals surface area contributed by atoms with Crippen LogP contribution in [-0.4, -0.2) is 77.1 Å². The van der Waals surface area contributed by atoms with Gasteiger partial charge in [0.05, 0.1) is 29.5 Å². The number of hydrogen-bond acceptors (Lipinski definition) is 10. The van der Waals surface area contributed by atoms with Crippen molar-refractivity contribution in [3.63, 3.8) is 0 Å². The molecule has 2 aliphatic heterocycles. The first-order valence-electron chi connectivity index (χ1n) is 12.3. The maximum atomic E-state index is 13.7. The molecule has 0 aliphatic carbocycles. The maximum Gasteiger partial charge on any atom is 0.214 e. The summed E-state index contributed by atoms with van der Waals surface area (Å²) < 4.78 is 46.3. The average Bonchev–Trinajstić information content (AvgIpc) is 3.50. The molecule has 4 heterocycles. The molecule has 2 unspecified atom stereocenters. The van der Waals surface area contributed by atoms with Gasteiger partial charge in [0.25, 0.3) is 0 Å². The Morgan fingerprint density at radius 1 is 1.38 bits per heavy atom. The summed E-state index contributed by atoms with van der Waals surface area (Å²) in [6.45, 7) is 5.09. The Labute approximate surface area is 219 Å². The molecule has 13 heteroatoms. The van der Waals surface area contributed by atoms with E-state index in [4.69, 9.17) is 15.6 Å². The first-order valence-corrected chi connectivity index (χ1v) is 14.8. The highest BCUT2D eigenvalue weighted by atomic mass is 32.2. The van der Waals surface area contributed by atoms with E-state index in [-0.39, 0.29) is 5.75 Å². The molecule has 0 radical (unpaired) electrons. The lowest BCUT2D eigenvalue weighted by Crippen LogP contribution is -2.57. The van der Waals surface area contributed by atoms with Gasteiger partial charge in [-0.1, -0.05) is 11.3 Å². The number of piperidine rings is 1. The molecule has 10 nitrogen and oxygen atoms in total. The third-order valence-corrected chi connectivity index (χ3v) is 11.2. The van der Waals surface area contributed by atoms with Crippen molar-refractivity contribution >= 4 is 31.3 Å². The minimum atomic E-state index is -3.37. The minimum absolute atomic E-state index is 0.0797. The molecule has 2 atom stereocenters. The minimum Gasteiger partial charge on any atom is -0.496 e. The fourth-order valence-electron chi connectivity index (χ4n) is 5.56. The second-order valence-corrected chi connectivity index (χ2v) is 14.0. The number of sulfone groups is 1. The standard InChI is InChI=1S/C24H33FN6O4S2/c1-23(2,26)14-28-20(32)17-6-11-37(33,34)24(17)7-9-30(10-8-24)22-29-31-18(13-27-21(31)36-22)16-5-4-15(25)12-19(16)35-3/h4-5,12-13,17,20,28,32H,6-11,14,26H2,1-3H3. The van der Waals surface area contributed by atoms with Crippen LogP contribution < -0.4 is 20.7 Å². The number of ether oxygens (including phenoxy) is 1. The molecule has 0 bridgehead atoms. The summed E-state index contributed by atoms with van der Waals surface area (Å²) in [5.41, 5.74) is 6.88. The van der Waals surface area contributed by atoms with Crippen molar-refractivity contribution in [2.75, 3.05) is 37.4 Å². The van der Waals surface area contributed by atoms with Crippen LogP contribution in [0.4, 0.5) is 9.52 Å². The van der Waals surface area contributed by atoms with Gasteiger partial charge in [0.2, 0.25) is 10.1 Å². The van der Waals surface area contributed by atoms with Crippen LogP contribution in [0, 0.1) is 11.7 Å². The second kappa shape index (κ2) is 9.45. The third kappa shape index (κ3) is 4.71. The lowest BCUT2D eigenvalue weighted by Gasteiger charge is -2.43. The number of nitrogens with two attached hydrogens (primary N) is 1. The molecular weight excluding hydrogens is 519 g/mol. The van der Waals surface area contributed by atoms with Crippen LogP contribution in [0.3, 0.4) is 0 Å². The molecule has 2 fully saturated rings. The molecule has 1 spiro atoms. The van der Waals surface area contributed by atoms with Crippen molar-refractivity contribution in [1.29, 1.82) is 0 Å². The van der Waals surface area contributed by atoms with Crippen LogP contribution in [0.5, 0.6) is 5.75 Å². The number of fused-ring (bicyclic) bond motifs is 1. The molecule has 4 N–H and O–H groups in total. The molecular formula is C24H33FN6O4S2. The van der Waals surface area contributed by atoms with Crippen molar-refractivity contribution in [3.8, 4) is 17.0 Å². The van der Waals surface area contributed by atoms with E-state index in [0.29, 0.717) is 60.9 Å². The first kappa shape index (κ1) is 26.3. The summed E-state index contributed by atoms with van der Waals surface area (Å²) in [6, 6.07) is 4.32. The zero-order valence-electron chi connectivity index (χ0n) is 21.1. The zero-order chi connectivity index (χ0) is 26.6. The highest BCUT2D eigenvalue weighted by molar-refractivity contribution is 7.93. The Kier molecular flexibility index (Phi) is 6.72. The number of imidazole rings is 1. The summed E-state index contributed by atoms with van der Waals surface area (Å²) in [5, 5.41) is 19.5. The lowest BCUT2D eigenvalue weighted by molar-refractivity contribution is 0.0457. The molecule has 5 rings (SSSR count). The molecule has 2 saturated heterocycles. The van der Waals surface area contributed by atoms with Gasteiger partial charge in [-0.15, -0.1) is 5.10 Å². The van der Waals surface area contributed by atoms with Gasteiger partial charge in [0.1, 0.15) is 17.8 Å². The maximum absolute atomic E-state index is 13.7. The van der Waals surface area contributed by atoms with Gasteiger partial charge in [-0.2, -0.15) is 0 Å². The largest absolute Gasteiger partial charge is 0.496 e. The van der Waals surface area contributed by atoms with Crippen molar-refractivity contribution < 1.29 is 22.7 Å². The van der Waals surface area contributed by atoms with Gasteiger partial charge in [-0.05, 0) is 45.2 Å². The molecule has 1 aromatic carbocycles. The van der Waals surface area contributed by atoms with Crippen LogP contribution in [0.15, 0.2) is 24.4 Å². The van der Waals surface area contributed by atoms with Gasteiger partial charge in [-0.3, -0.25) is 5.32 Å². The number of nitrogens with one attached hydrogen (secondary N) is 1. The zero-order valence-corrected chi connectivity index (χ0v) is 22.8. The topological polar surface area (TPSA) is 135 Å². The number of methoxy groups -OCH3 is 1. The SMILES string of the molecule is COc1cc(F)ccc1-c1cnc2sc(N3CCC4(CC3)C(C(O)NCC(C)(C)N)CCS4(=O)=O)nn12. The van der Waals surface area contributed by atoms with Gasteiger partial charge >= 0.3 is 0 Å². The molecule has 37 heavy (non-hydrogen) atoms. The van der Waals surface area contributed by atoms with Gasteiger partial charge in [0, 0.05) is 42.7 Å². The summed E-state index contributed by atoms with van der Waals surface area (Å²) in [4.78, 5) is 7.22. The summed E-state index contributed by atoms with van der Waals surface area (Å²) >= 11 is 1.41. The van der Waals surface area contributed by atoms with Crippen LogP contribution in [0.25, 0.3) is 16.2 Å². The Balaban J connectivity index is 1.37. The smallest absolute Gasteiger partial charge is 0.214 e. The molecule has 0 saturated carbocycles. The predicted molar refractivity (Wildman–Crippen MR) is 141 cm³/mol. The Morgan fingerprint density at radius 2 is 2.11 bits per heavy atom. The van der Waals surface area contributed by atoms with Crippen molar-refractivity contribution in [3.05, 3.63) is 30.2 Å². The molecule has 202 valence electrons. The van der Waals surface area contributed by atoms with E-state index in [1.807, 2.05) is 13.8 Å². The van der Waals surface area contributed by atoms with E-state index >= 15 is 0 Å². The fourth-order valence-corrected chi connectivity index (χ4v) is 8.98. The summed E-state index contributed by atoms with van der Waals surface area (Å²) in [6.07, 6.45) is 1.98. The van der Waals surface area contributed by atoms with Gasteiger partial charge in [0.15, 0.2) is 9.84 Å². The quantitative estimate of drug-likeness (QED) is 0.376. The Morgan fingerprint density at radius 3 is 2.78 bits per heavy atom. The monoisotopic (exact) mass is 552 g/mol. The van der Waals surface area contributed by atoms with E-state index in [9.17, 15) is 17.9 Å². The van der Waals surface area contributed by atoms with Crippen LogP contribution in [0.2, 0.25) is 0 Å². The number of hydrogen-bond donors (Lipinski definition) is 3. The van der Waals surface area contributed by atoms with Crippen molar-refractivity contribution in [2.45, 2.75) is 49.6 Å². The first-order chi connectivity index (χ1) is 17.4. The number of benzene rings is 1. The Bertz CT molecular complexity index is 1390. The third-order valence-electron chi connectivity index (χ3n) is 7.54. The van der Waals surface area contributed by atoms with Crippen molar-refractivity contribution in [1.82, 2.24) is 19.9 Å². The van der Waals surface area contributed by atoms with E-state index in [2.05, 4.69) is 15.2 Å². The van der Waals surface area contributed by atoms with Crippen LogP contribution >= 0.6 is 11.3 Å². The number of halogens is 1. The lowest BCUT2D eigenvalue weighted by atomic mass is 9.80. The number of aromatic nitrogens is 3. The molecule has 0 amide bonds. The van der Waals surface area contributed by atoms with Crippen LogP contribution in [-0.2, 0) is 9.84 Å². The number of rotatable bonds is 7. The van der Waals surface area contributed by atoms with E-state index in [1.54, 1.807) is 16.8 Å². The fraction of sp³-hybridized carbons (Fsp3) is 0.583. The van der Waals surface area contributed by atoms with Gasteiger partial charge < -0.3 is 20.5 Å². The van der Waals surface area contributed by atoms with E-state index in [0.717, 1.165) is 5.13 Å². The number of aliphatic hydroxyl groups is 1. The molecule has 2 aliphatic rings. The van der Waals surface area contributed by atoms with Crippen LogP contribution in [0.1, 0.15) is 33.1 Å². The predicted octanol–water partition coefficient (Wildman–Crippen LogP) is 2.02. The average molecular weight is 553 g/mol. The van der Waals surface area contributed by atoms with Gasteiger partial charge in [-0.25, -0.2) is 22.3 Å². The van der Waals surface area contributed by atoms with E-state index in [1.165, 1.54) is 30.6 Å². The second-order valence-electron chi connectivity index (χ2n) is 10.6. The summed E-state index contributed by atoms with van der Waals surface area (Å²) in [5.74, 6) is -0.321. The highest BCUT2D eigenvalue weighted by Gasteiger charge is 2.57. The number of anilines is 1. The molecule has 2 aromatic heterocycles. The molecule has 3 aromatic rings. The highest BCUT2D eigenvalue weighted by Crippen LogP contribution is 2.47. The number of nitrogens with zero attached hydrogens (tertiary/aromatic N) is 4. The van der Waals surface area contributed by atoms with Crippen molar-refractivity contribution in [2.24, 2.45) is 11.7 Å². The Hall–Kier alpha value is -2.32. The normalized spacial score (nSPS) is 22.1. The van der Waals surface area contributed by atoms with E-state index < -0.39 is 38.1 Å². The number of aliphatic hydroxyl groups excluding tert-OH is 1.